The summed E-state index contributed by atoms with van der Waals surface area (Å²) in [5.41, 5.74) is 3.59. The molecule has 3 heterocycles. The summed E-state index contributed by atoms with van der Waals surface area (Å²) >= 11 is 0. The zero-order valence-corrected chi connectivity index (χ0v) is 16.9. The molecule has 2 N–H and O–H groups in total. The molecule has 0 saturated carbocycles. The number of aromatic nitrogens is 4. The van der Waals surface area contributed by atoms with Crippen molar-refractivity contribution in [3.63, 3.8) is 0 Å². The Kier molecular flexibility index (Phi) is 4.76. The van der Waals surface area contributed by atoms with E-state index < -0.39 is 6.04 Å². The fraction of sp³-hybridized carbons (Fsp3) is 0.0833. The first-order valence-electron chi connectivity index (χ1n) is 9.98. The van der Waals surface area contributed by atoms with Crippen molar-refractivity contribution >= 4 is 17.5 Å². The van der Waals surface area contributed by atoms with Crippen LogP contribution >= 0.6 is 0 Å². The van der Waals surface area contributed by atoms with Gasteiger partial charge >= 0.3 is 0 Å². The first-order chi connectivity index (χ1) is 15.2. The number of rotatable bonds is 4. The third kappa shape index (κ3) is 3.57. The number of nitrogens with one attached hydrogen (secondary N) is 2. The van der Waals surface area contributed by atoms with E-state index in [1.54, 1.807) is 10.9 Å². The molecule has 1 unspecified atom stereocenters. The van der Waals surface area contributed by atoms with Crippen LogP contribution in [0.3, 0.4) is 0 Å². The molecular weight excluding hydrogens is 388 g/mol. The van der Waals surface area contributed by atoms with Gasteiger partial charge in [0.05, 0.1) is 11.3 Å². The topological polar surface area (TPSA) is 84.7 Å². The Morgan fingerprint density at radius 3 is 2.39 bits per heavy atom. The van der Waals surface area contributed by atoms with Crippen LogP contribution in [0, 0.1) is 0 Å². The molecule has 1 amide bonds. The van der Waals surface area contributed by atoms with Gasteiger partial charge in [-0.3, -0.25) is 9.78 Å². The SMILES string of the molecule is CC1=C(C(=O)Nc2ccccc2)C(c2ccccn2)n2nc(-c3ccccc3)nc2N1. The minimum Gasteiger partial charge on any atom is -0.328 e. The predicted octanol–water partition coefficient (Wildman–Crippen LogP) is 4.27. The highest BCUT2D eigenvalue weighted by atomic mass is 16.1. The molecule has 4 aromatic rings. The van der Waals surface area contributed by atoms with E-state index in [-0.39, 0.29) is 5.91 Å². The number of allylic oxidation sites excluding steroid dienone is 1. The number of para-hydroxylation sites is 1. The van der Waals surface area contributed by atoms with E-state index in [1.807, 2.05) is 85.8 Å². The highest BCUT2D eigenvalue weighted by molar-refractivity contribution is 6.05. The van der Waals surface area contributed by atoms with Crippen LogP contribution in [0.5, 0.6) is 0 Å². The zero-order chi connectivity index (χ0) is 21.2. The van der Waals surface area contributed by atoms with Gasteiger partial charge in [0, 0.05) is 23.1 Å². The van der Waals surface area contributed by atoms with Crippen LogP contribution in [-0.4, -0.2) is 25.7 Å². The molecule has 7 heteroatoms. The van der Waals surface area contributed by atoms with E-state index >= 15 is 0 Å². The van der Waals surface area contributed by atoms with Gasteiger partial charge in [-0.25, -0.2) is 4.68 Å². The molecule has 152 valence electrons. The first kappa shape index (κ1) is 18.7. The molecule has 1 aliphatic rings. The van der Waals surface area contributed by atoms with Gasteiger partial charge in [0.15, 0.2) is 5.82 Å². The van der Waals surface area contributed by atoms with Crippen molar-refractivity contribution in [2.24, 2.45) is 0 Å². The Hall–Kier alpha value is -4.26. The largest absolute Gasteiger partial charge is 0.328 e. The summed E-state index contributed by atoms with van der Waals surface area (Å²) in [6, 6.07) is 24.3. The Bertz CT molecular complexity index is 1250. The zero-order valence-electron chi connectivity index (χ0n) is 16.9. The van der Waals surface area contributed by atoms with Crippen LogP contribution in [0.2, 0.25) is 0 Å². The standard InChI is InChI=1S/C24H20N6O/c1-16-20(23(31)27-18-12-6-3-7-13-18)21(19-14-8-9-15-25-19)30-24(26-16)28-22(29-30)17-10-4-2-5-11-17/h2-15,21H,1H3,(H,27,31)(H,26,28,29). The van der Waals surface area contributed by atoms with E-state index in [0.29, 0.717) is 28.7 Å². The van der Waals surface area contributed by atoms with Crippen LogP contribution < -0.4 is 10.6 Å². The number of carbonyl (C=O) groups is 1. The van der Waals surface area contributed by atoms with Crippen molar-refractivity contribution < 1.29 is 4.79 Å². The smallest absolute Gasteiger partial charge is 0.255 e. The van der Waals surface area contributed by atoms with Crippen molar-refractivity contribution in [1.29, 1.82) is 0 Å². The lowest BCUT2D eigenvalue weighted by atomic mass is 9.98. The number of hydrogen-bond acceptors (Lipinski definition) is 5. The van der Waals surface area contributed by atoms with Crippen LogP contribution in [0.1, 0.15) is 18.7 Å². The van der Waals surface area contributed by atoms with Gasteiger partial charge in [-0.15, -0.1) is 5.10 Å². The fourth-order valence-corrected chi connectivity index (χ4v) is 3.69. The van der Waals surface area contributed by atoms with Gasteiger partial charge < -0.3 is 10.6 Å². The number of amides is 1. The van der Waals surface area contributed by atoms with Crippen LogP contribution in [0.4, 0.5) is 11.6 Å². The Morgan fingerprint density at radius 1 is 0.968 bits per heavy atom. The second-order valence-electron chi connectivity index (χ2n) is 7.21. The lowest BCUT2D eigenvalue weighted by Gasteiger charge is -2.28. The fourth-order valence-electron chi connectivity index (χ4n) is 3.69. The number of pyridine rings is 1. The monoisotopic (exact) mass is 408 g/mol. The van der Waals surface area contributed by atoms with Crippen molar-refractivity contribution in [2.45, 2.75) is 13.0 Å². The second kappa shape index (κ2) is 7.87. The number of carbonyl (C=O) groups excluding carboxylic acids is 1. The number of hydrogen-bond donors (Lipinski definition) is 2. The van der Waals surface area contributed by atoms with E-state index in [9.17, 15) is 4.79 Å². The van der Waals surface area contributed by atoms with Crippen molar-refractivity contribution in [3.8, 4) is 11.4 Å². The Morgan fingerprint density at radius 2 is 1.68 bits per heavy atom. The molecule has 0 radical (unpaired) electrons. The quantitative estimate of drug-likeness (QED) is 0.527. The molecule has 7 nitrogen and oxygen atoms in total. The van der Waals surface area contributed by atoms with E-state index in [2.05, 4.69) is 20.6 Å². The molecule has 0 bridgehead atoms. The van der Waals surface area contributed by atoms with Gasteiger partial charge in [-0.2, -0.15) is 4.98 Å². The molecule has 2 aromatic carbocycles. The summed E-state index contributed by atoms with van der Waals surface area (Å²) in [7, 11) is 0. The maximum absolute atomic E-state index is 13.3. The summed E-state index contributed by atoms with van der Waals surface area (Å²) in [5, 5.41) is 11.0. The van der Waals surface area contributed by atoms with Gasteiger partial charge in [-0.1, -0.05) is 54.6 Å². The lowest BCUT2D eigenvalue weighted by molar-refractivity contribution is -0.113. The minimum atomic E-state index is -0.508. The Balaban J connectivity index is 1.60. The van der Waals surface area contributed by atoms with Gasteiger partial charge in [0.2, 0.25) is 5.95 Å². The van der Waals surface area contributed by atoms with Crippen LogP contribution in [0.15, 0.2) is 96.3 Å². The molecular formula is C24H20N6O. The van der Waals surface area contributed by atoms with Crippen LogP contribution in [-0.2, 0) is 4.79 Å². The molecule has 0 aliphatic carbocycles. The molecule has 31 heavy (non-hydrogen) atoms. The normalized spacial score (nSPS) is 15.2. The molecule has 0 spiro atoms. The molecule has 2 aromatic heterocycles. The number of benzene rings is 2. The van der Waals surface area contributed by atoms with Crippen molar-refractivity contribution in [1.82, 2.24) is 19.7 Å². The van der Waals surface area contributed by atoms with Crippen LogP contribution in [0.25, 0.3) is 11.4 Å². The van der Waals surface area contributed by atoms with Crippen molar-refractivity contribution in [3.05, 3.63) is 102 Å². The summed E-state index contributed by atoms with van der Waals surface area (Å²) in [5.74, 6) is 0.944. The number of fused-ring (bicyclic) bond motifs is 1. The lowest BCUT2D eigenvalue weighted by Crippen LogP contribution is -2.32. The minimum absolute atomic E-state index is 0.214. The molecule has 0 fully saturated rings. The highest BCUT2D eigenvalue weighted by Gasteiger charge is 2.35. The predicted molar refractivity (Wildman–Crippen MR) is 119 cm³/mol. The average Bonchev–Trinajstić information content (AvgIpc) is 3.23. The first-order valence-corrected chi connectivity index (χ1v) is 9.98. The van der Waals surface area contributed by atoms with Gasteiger partial charge in [-0.05, 0) is 31.2 Å². The number of anilines is 2. The summed E-state index contributed by atoms with van der Waals surface area (Å²) in [6.07, 6.45) is 1.72. The van der Waals surface area contributed by atoms with Crippen molar-refractivity contribution in [2.75, 3.05) is 10.6 Å². The third-order valence-corrected chi connectivity index (χ3v) is 5.13. The van der Waals surface area contributed by atoms with E-state index in [0.717, 1.165) is 11.3 Å². The Labute approximate surface area is 179 Å². The van der Waals surface area contributed by atoms with E-state index in [1.165, 1.54) is 0 Å². The van der Waals surface area contributed by atoms with Gasteiger partial charge in [0.1, 0.15) is 6.04 Å². The molecule has 1 aliphatic heterocycles. The summed E-state index contributed by atoms with van der Waals surface area (Å²) in [6.45, 7) is 1.87. The van der Waals surface area contributed by atoms with Gasteiger partial charge in [0.25, 0.3) is 5.91 Å². The second-order valence-corrected chi connectivity index (χ2v) is 7.21. The molecule has 1 atom stereocenters. The summed E-state index contributed by atoms with van der Waals surface area (Å²) < 4.78 is 1.73. The van der Waals surface area contributed by atoms with E-state index in [4.69, 9.17) is 5.10 Å². The average molecular weight is 408 g/mol. The molecule has 0 saturated heterocycles. The maximum Gasteiger partial charge on any atom is 0.255 e. The third-order valence-electron chi connectivity index (χ3n) is 5.13. The number of nitrogens with zero attached hydrogens (tertiary/aromatic N) is 4. The highest BCUT2D eigenvalue weighted by Crippen LogP contribution is 2.35. The summed E-state index contributed by atoms with van der Waals surface area (Å²) in [4.78, 5) is 22.5. The maximum atomic E-state index is 13.3. The molecule has 5 rings (SSSR count).